The van der Waals surface area contributed by atoms with E-state index in [1.54, 1.807) is 18.1 Å². The van der Waals surface area contributed by atoms with Crippen LogP contribution in [0, 0.1) is 0 Å². The molecule has 150 valence electrons. The first-order chi connectivity index (χ1) is 13.5. The minimum Gasteiger partial charge on any atom is -0.497 e. The number of carbonyl (C=O) groups excluding carboxylic acids is 2. The number of carbonyl (C=O) groups is 2. The fraction of sp³-hybridized carbons (Fsp3) is 0.450. The maximum absolute atomic E-state index is 12.8. The van der Waals surface area contributed by atoms with E-state index >= 15 is 0 Å². The van der Waals surface area contributed by atoms with E-state index in [0.717, 1.165) is 30.6 Å². The molecule has 2 fully saturated rings. The van der Waals surface area contributed by atoms with Gasteiger partial charge in [-0.15, -0.1) is 0 Å². The number of ether oxygens (including phenoxy) is 1. The average molecular weight is 421 g/mol. The lowest BCUT2D eigenvalue weighted by atomic mass is 9.99. The molecule has 0 radical (unpaired) electrons. The lowest BCUT2D eigenvalue weighted by Crippen LogP contribution is -2.49. The molecule has 0 bridgehead atoms. The molecule has 1 N–H and O–H groups in total. The van der Waals surface area contributed by atoms with E-state index in [4.69, 9.17) is 17.0 Å². The third-order valence-corrected chi connectivity index (χ3v) is 6.37. The molecule has 3 rings (SSSR count). The fourth-order valence-electron chi connectivity index (χ4n) is 3.49. The number of thiocarbonyl (C=S) groups is 1. The molecule has 0 aromatic heterocycles. The van der Waals surface area contributed by atoms with Crippen LogP contribution in [-0.2, 0) is 9.59 Å². The van der Waals surface area contributed by atoms with E-state index in [1.807, 2.05) is 24.3 Å². The molecule has 0 saturated carbocycles. The van der Waals surface area contributed by atoms with Crippen molar-refractivity contribution >= 4 is 46.2 Å². The maximum atomic E-state index is 12.8. The minimum atomic E-state index is -0.241. The van der Waals surface area contributed by atoms with Gasteiger partial charge >= 0.3 is 0 Å². The Morgan fingerprint density at radius 2 is 2.11 bits per heavy atom. The molecule has 2 saturated heterocycles. The van der Waals surface area contributed by atoms with Crippen LogP contribution in [0.25, 0.3) is 6.08 Å². The van der Waals surface area contributed by atoms with Crippen molar-refractivity contribution in [2.24, 2.45) is 0 Å². The van der Waals surface area contributed by atoms with Gasteiger partial charge in [-0.1, -0.05) is 36.1 Å². The van der Waals surface area contributed by atoms with E-state index in [-0.39, 0.29) is 31.0 Å². The SMILES string of the molecule is COc1ccc(/C=C2\SC(=S)N(CC(=O)N3CCCC[C@H]3CCO)C2=O)cc1. The number of nitrogens with zero attached hydrogens (tertiary/aromatic N) is 2. The minimum absolute atomic E-state index is 0.0412. The number of rotatable bonds is 6. The molecule has 2 heterocycles. The summed E-state index contributed by atoms with van der Waals surface area (Å²) < 4.78 is 5.54. The van der Waals surface area contributed by atoms with Crippen LogP contribution in [0.4, 0.5) is 0 Å². The molecule has 1 aromatic rings. The van der Waals surface area contributed by atoms with E-state index in [9.17, 15) is 14.7 Å². The number of hydrogen-bond donors (Lipinski definition) is 1. The van der Waals surface area contributed by atoms with E-state index in [1.165, 1.54) is 16.7 Å². The average Bonchev–Trinajstić information content (AvgIpc) is 2.96. The third kappa shape index (κ3) is 4.74. The van der Waals surface area contributed by atoms with E-state index in [0.29, 0.717) is 22.2 Å². The molecule has 2 aliphatic rings. The fourth-order valence-corrected chi connectivity index (χ4v) is 4.75. The quantitative estimate of drug-likeness (QED) is 0.564. The Balaban J connectivity index is 1.69. The van der Waals surface area contributed by atoms with Crippen molar-refractivity contribution in [2.75, 3.05) is 26.8 Å². The summed E-state index contributed by atoms with van der Waals surface area (Å²) >= 11 is 6.56. The molecule has 28 heavy (non-hydrogen) atoms. The van der Waals surface area contributed by atoms with Crippen LogP contribution in [0.15, 0.2) is 29.2 Å². The van der Waals surface area contributed by atoms with Gasteiger partial charge in [0, 0.05) is 19.2 Å². The van der Waals surface area contributed by atoms with Gasteiger partial charge < -0.3 is 14.7 Å². The van der Waals surface area contributed by atoms with Crippen molar-refractivity contribution in [2.45, 2.75) is 31.7 Å². The van der Waals surface area contributed by atoms with Crippen LogP contribution >= 0.6 is 24.0 Å². The first-order valence-electron chi connectivity index (χ1n) is 9.33. The standard InChI is InChI=1S/C20H24N2O4S2/c1-26-16-7-5-14(6-8-16)12-17-19(25)22(20(27)28-17)13-18(24)21-10-3-2-4-15(21)9-11-23/h5-8,12,15,23H,2-4,9-11,13H2,1H3/b17-12-/t15-/m0/s1. The smallest absolute Gasteiger partial charge is 0.266 e. The van der Waals surface area contributed by atoms with Gasteiger partial charge in [-0.2, -0.15) is 0 Å². The molecular weight excluding hydrogens is 396 g/mol. The summed E-state index contributed by atoms with van der Waals surface area (Å²) in [6, 6.07) is 7.43. The van der Waals surface area contributed by atoms with Crippen LogP contribution < -0.4 is 4.74 Å². The van der Waals surface area contributed by atoms with Gasteiger partial charge in [0.1, 0.15) is 16.6 Å². The summed E-state index contributed by atoms with van der Waals surface area (Å²) in [5.41, 5.74) is 0.867. The zero-order valence-corrected chi connectivity index (χ0v) is 17.4. The first-order valence-corrected chi connectivity index (χ1v) is 10.6. The summed E-state index contributed by atoms with van der Waals surface area (Å²) in [5.74, 6) is 0.393. The lowest BCUT2D eigenvalue weighted by molar-refractivity contribution is -0.138. The third-order valence-electron chi connectivity index (χ3n) is 4.99. The molecule has 2 amide bonds. The van der Waals surface area contributed by atoms with E-state index in [2.05, 4.69) is 0 Å². The molecule has 0 aliphatic carbocycles. The first kappa shape index (κ1) is 20.8. The number of thioether (sulfide) groups is 1. The van der Waals surface area contributed by atoms with Gasteiger partial charge in [0.25, 0.3) is 5.91 Å². The van der Waals surface area contributed by atoms with E-state index < -0.39 is 0 Å². The van der Waals surface area contributed by atoms with Crippen LogP contribution in [0.1, 0.15) is 31.2 Å². The number of aliphatic hydroxyl groups excluding tert-OH is 1. The van der Waals surface area contributed by atoms with Crippen LogP contribution in [0.2, 0.25) is 0 Å². The highest BCUT2D eigenvalue weighted by Crippen LogP contribution is 2.33. The van der Waals surface area contributed by atoms with Crippen molar-refractivity contribution in [3.05, 3.63) is 34.7 Å². The van der Waals surface area contributed by atoms with Gasteiger partial charge in [-0.25, -0.2) is 0 Å². The Morgan fingerprint density at radius 3 is 2.79 bits per heavy atom. The van der Waals surface area contributed by atoms with Gasteiger partial charge in [0.15, 0.2) is 0 Å². The van der Waals surface area contributed by atoms with Crippen molar-refractivity contribution in [1.29, 1.82) is 0 Å². The summed E-state index contributed by atoms with van der Waals surface area (Å²) in [6.07, 6.45) is 5.24. The number of hydrogen-bond acceptors (Lipinski definition) is 6. The second kappa shape index (κ2) is 9.54. The highest BCUT2D eigenvalue weighted by molar-refractivity contribution is 8.26. The number of aliphatic hydroxyl groups is 1. The summed E-state index contributed by atoms with van der Waals surface area (Å²) in [6.45, 7) is 0.673. The number of benzene rings is 1. The van der Waals surface area contributed by atoms with Crippen molar-refractivity contribution < 1.29 is 19.4 Å². The topological polar surface area (TPSA) is 70.1 Å². The Kier molecular flexibility index (Phi) is 7.09. The van der Waals surface area contributed by atoms with Crippen molar-refractivity contribution in [3.63, 3.8) is 0 Å². The zero-order valence-electron chi connectivity index (χ0n) is 15.8. The predicted molar refractivity (Wildman–Crippen MR) is 114 cm³/mol. The molecule has 1 aromatic carbocycles. The Labute approximate surface area is 174 Å². The van der Waals surface area contributed by atoms with Gasteiger partial charge in [0.05, 0.1) is 12.0 Å². The molecule has 6 nitrogen and oxygen atoms in total. The largest absolute Gasteiger partial charge is 0.497 e. The highest BCUT2D eigenvalue weighted by Gasteiger charge is 2.36. The number of piperidine rings is 1. The lowest BCUT2D eigenvalue weighted by Gasteiger charge is -2.36. The monoisotopic (exact) mass is 420 g/mol. The zero-order chi connectivity index (χ0) is 20.1. The summed E-state index contributed by atoms with van der Waals surface area (Å²) in [4.78, 5) is 29.3. The van der Waals surface area contributed by atoms with Crippen molar-refractivity contribution in [3.8, 4) is 5.75 Å². The molecular formula is C20H24N2O4S2. The molecule has 8 heteroatoms. The van der Waals surface area contributed by atoms with Gasteiger partial charge in [0.2, 0.25) is 5.91 Å². The number of methoxy groups -OCH3 is 1. The number of likely N-dealkylation sites (tertiary alicyclic amines) is 1. The van der Waals surface area contributed by atoms with Crippen LogP contribution in [0.3, 0.4) is 0 Å². The maximum Gasteiger partial charge on any atom is 0.266 e. The highest BCUT2D eigenvalue weighted by atomic mass is 32.2. The van der Waals surface area contributed by atoms with Crippen LogP contribution in [0.5, 0.6) is 5.75 Å². The second-order valence-electron chi connectivity index (χ2n) is 6.79. The van der Waals surface area contributed by atoms with Gasteiger partial charge in [-0.05, 0) is 49.5 Å². The summed E-state index contributed by atoms with van der Waals surface area (Å²) in [5, 5.41) is 9.25. The predicted octanol–water partition coefficient (Wildman–Crippen LogP) is 2.66. The normalized spacial score (nSPS) is 21.5. The van der Waals surface area contributed by atoms with Crippen LogP contribution in [-0.4, -0.2) is 63.9 Å². The summed E-state index contributed by atoms with van der Waals surface area (Å²) in [7, 11) is 1.60. The number of amides is 2. The molecule has 0 spiro atoms. The Bertz CT molecular complexity index is 777. The molecule has 1 atom stereocenters. The Hall–Kier alpha value is -1.90. The van der Waals surface area contributed by atoms with Gasteiger partial charge in [-0.3, -0.25) is 14.5 Å². The second-order valence-corrected chi connectivity index (χ2v) is 8.47. The molecule has 0 unspecified atom stereocenters. The Morgan fingerprint density at radius 1 is 1.36 bits per heavy atom. The molecule has 2 aliphatic heterocycles. The van der Waals surface area contributed by atoms with Crippen molar-refractivity contribution in [1.82, 2.24) is 9.80 Å².